The van der Waals surface area contributed by atoms with Gasteiger partial charge in [0.25, 0.3) is 0 Å². The lowest BCUT2D eigenvalue weighted by atomic mass is 9.80. The summed E-state index contributed by atoms with van der Waals surface area (Å²) in [5.41, 5.74) is 3.89. The van der Waals surface area contributed by atoms with Crippen molar-refractivity contribution in [2.24, 2.45) is 11.8 Å². The van der Waals surface area contributed by atoms with Crippen molar-refractivity contribution >= 4 is 0 Å². The number of halogens is 1. The second kappa shape index (κ2) is 13.5. The molecule has 2 aromatic rings. The highest BCUT2D eigenvalue weighted by molar-refractivity contribution is 5.65. The van der Waals surface area contributed by atoms with E-state index in [1.807, 2.05) is 12.1 Å². The van der Waals surface area contributed by atoms with Crippen LogP contribution < -0.4 is 0 Å². The van der Waals surface area contributed by atoms with E-state index in [0.717, 1.165) is 53.9 Å². The van der Waals surface area contributed by atoms with E-state index in [9.17, 15) is 4.39 Å². The van der Waals surface area contributed by atoms with Gasteiger partial charge in [-0.15, -0.1) is 0 Å². The molecule has 32 heavy (non-hydrogen) atoms. The first kappa shape index (κ1) is 24.6. The Morgan fingerprint density at radius 1 is 0.781 bits per heavy atom. The van der Waals surface area contributed by atoms with Crippen molar-refractivity contribution in [1.29, 1.82) is 0 Å². The van der Waals surface area contributed by atoms with Gasteiger partial charge in [0.15, 0.2) is 0 Å². The van der Waals surface area contributed by atoms with Gasteiger partial charge in [0.1, 0.15) is 5.82 Å². The third kappa shape index (κ3) is 7.81. The van der Waals surface area contributed by atoms with E-state index >= 15 is 0 Å². The average Bonchev–Trinajstić information content (AvgIpc) is 2.83. The fourth-order valence-corrected chi connectivity index (χ4v) is 4.88. The lowest BCUT2D eigenvalue weighted by Gasteiger charge is -2.25. The summed E-state index contributed by atoms with van der Waals surface area (Å²) in [4.78, 5) is 0. The van der Waals surface area contributed by atoms with Crippen molar-refractivity contribution in [1.82, 2.24) is 0 Å². The number of benzene rings is 2. The summed E-state index contributed by atoms with van der Waals surface area (Å²) in [6, 6.07) is 14.0. The highest BCUT2D eigenvalue weighted by Gasteiger charge is 2.19. The van der Waals surface area contributed by atoms with Gasteiger partial charge in [-0.25, -0.2) is 4.39 Å². The molecular weight excluding hydrogens is 391 g/mol. The number of unbranched alkanes of at least 4 members (excludes halogenated alkanes) is 5. The van der Waals surface area contributed by atoms with Crippen LogP contribution in [-0.2, 0) is 6.42 Å². The molecule has 0 bridgehead atoms. The van der Waals surface area contributed by atoms with Gasteiger partial charge in [-0.2, -0.15) is 0 Å². The second-order valence-corrected chi connectivity index (χ2v) is 9.68. The van der Waals surface area contributed by atoms with Crippen LogP contribution in [0.15, 0.2) is 42.5 Å². The van der Waals surface area contributed by atoms with E-state index in [2.05, 4.69) is 50.0 Å². The maximum atomic E-state index is 14.5. The molecule has 0 nitrogen and oxygen atoms in total. The van der Waals surface area contributed by atoms with E-state index < -0.39 is 0 Å². The zero-order valence-corrected chi connectivity index (χ0v) is 20.3. The van der Waals surface area contributed by atoms with Crippen LogP contribution in [-0.4, -0.2) is 0 Å². The summed E-state index contributed by atoms with van der Waals surface area (Å²) in [5.74, 6) is 8.32. The standard InChI is InChI=1S/C31H41F/c1-3-5-7-9-10-25-12-14-26(15-13-25)16-17-27-18-20-28(21-19-27)30-23-22-29(31(32)24-30)11-8-6-4-2/h18-26H,3-15H2,1-2H3. The molecule has 0 amide bonds. The minimum absolute atomic E-state index is 0.0802. The van der Waals surface area contributed by atoms with Crippen LogP contribution in [0.3, 0.4) is 0 Å². The maximum Gasteiger partial charge on any atom is 0.127 e. The Bertz CT molecular complexity index is 860. The summed E-state index contributed by atoms with van der Waals surface area (Å²) < 4.78 is 14.5. The van der Waals surface area contributed by atoms with Gasteiger partial charge in [-0.05, 0) is 79.3 Å². The van der Waals surface area contributed by atoms with Gasteiger partial charge in [0.05, 0.1) is 0 Å². The summed E-state index contributed by atoms with van der Waals surface area (Å²) >= 11 is 0. The molecule has 0 aromatic heterocycles. The van der Waals surface area contributed by atoms with E-state index in [1.165, 1.54) is 57.8 Å². The minimum atomic E-state index is -0.0802. The predicted molar refractivity (Wildman–Crippen MR) is 136 cm³/mol. The molecule has 2 aromatic carbocycles. The molecule has 0 unspecified atom stereocenters. The molecule has 172 valence electrons. The normalized spacial score (nSPS) is 18.2. The van der Waals surface area contributed by atoms with Crippen LogP contribution in [0.1, 0.15) is 102 Å². The SMILES string of the molecule is CCCCCCC1CCC(C#Cc2ccc(-c3ccc(CCCCC)c(F)c3)cc2)CC1. The molecule has 1 aliphatic carbocycles. The Labute approximate surface area is 196 Å². The topological polar surface area (TPSA) is 0 Å². The summed E-state index contributed by atoms with van der Waals surface area (Å²) in [6.45, 7) is 4.46. The Morgan fingerprint density at radius 2 is 1.47 bits per heavy atom. The van der Waals surface area contributed by atoms with Gasteiger partial charge in [-0.3, -0.25) is 0 Å². The van der Waals surface area contributed by atoms with Crippen molar-refractivity contribution < 1.29 is 4.39 Å². The summed E-state index contributed by atoms with van der Waals surface area (Å²) in [5, 5.41) is 0. The highest BCUT2D eigenvalue weighted by atomic mass is 19.1. The third-order valence-corrected chi connectivity index (χ3v) is 7.05. The number of aryl methyl sites for hydroxylation is 1. The van der Waals surface area contributed by atoms with Crippen LogP contribution in [0, 0.1) is 29.5 Å². The molecule has 0 saturated heterocycles. The van der Waals surface area contributed by atoms with Crippen LogP contribution in [0.25, 0.3) is 11.1 Å². The molecule has 1 heteroatoms. The largest absolute Gasteiger partial charge is 0.207 e. The van der Waals surface area contributed by atoms with Gasteiger partial charge in [0.2, 0.25) is 0 Å². The monoisotopic (exact) mass is 432 g/mol. The van der Waals surface area contributed by atoms with Gasteiger partial charge < -0.3 is 0 Å². The molecule has 1 saturated carbocycles. The van der Waals surface area contributed by atoms with Crippen LogP contribution in [0.2, 0.25) is 0 Å². The molecule has 1 aliphatic rings. The predicted octanol–water partition coefficient (Wildman–Crippen LogP) is 9.35. The fourth-order valence-electron chi connectivity index (χ4n) is 4.88. The molecule has 0 spiro atoms. The molecule has 0 aliphatic heterocycles. The number of hydrogen-bond acceptors (Lipinski definition) is 0. The quantitative estimate of drug-likeness (QED) is 0.259. The Balaban J connectivity index is 1.50. The molecule has 1 fully saturated rings. The summed E-state index contributed by atoms with van der Waals surface area (Å²) in [6.07, 6.45) is 16.4. The molecule has 0 atom stereocenters. The van der Waals surface area contributed by atoms with Crippen molar-refractivity contribution in [2.75, 3.05) is 0 Å². The molecule has 0 heterocycles. The Morgan fingerprint density at radius 3 is 2.16 bits per heavy atom. The third-order valence-electron chi connectivity index (χ3n) is 7.05. The maximum absolute atomic E-state index is 14.5. The first-order chi connectivity index (χ1) is 15.7. The molecule has 3 rings (SSSR count). The van der Waals surface area contributed by atoms with E-state index in [4.69, 9.17) is 0 Å². The zero-order chi connectivity index (χ0) is 22.6. The van der Waals surface area contributed by atoms with Crippen LogP contribution in [0.4, 0.5) is 4.39 Å². The average molecular weight is 433 g/mol. The number of rotatable bonds is 10. The van der Waals surface area contributed by atoms with Crippen molar-refractivity contribution in [3.05, 3.63) is 59.4 Å². The molecular formula is C31H41F. The Kier molecular flexibility index (Phi) is 10.3. The first-order valence-corrected chi connectivity index (χ1v) is 13.1. The summed E-state index contributed by atoms with van der Waals surface area (Å²) in [7, 11) is 0. The van der Waals surface area contributed by atoms with Crippen molar-refractivity contribution in [3.63, 3.8) is 0 Å². The van der Waals surface area contributed by atoms with Gasteiger partial charge in [-0.1, -0.05) is 94.9 Å². The van der Waals surface area contributed by atoms with E-state index in [0.29, 0.717) is 5.92 Å². The Hall–Kier alpha value is -2.07. The zero-order valence-electron chi connectivity index (χ0n) is 20.3. The second-order valence-electron chi connectivity index (χ2n) is 9.68. The van der Waals surface area contributed by atoms with Crippen molar-refractivity contribution in [2.45, 2.75) is 97.3 Å². The number of hydrogen-bond donors (Lipinski definition) is 0. The minimum Gasteiger partial charge on any atom is -0.207 e. The van der Waals surface area contributed by atoms with Gasteiger partial charge in [0, 0.05) is 11.5 Å². The molecule has 0 N–H and O–H groups in total. The smallest absolute Gasteiger partial charge is 0.127 e. The van der Waals surface area contributed by atoms with Crippen molar-refractivity contribution in [3.8, 4) is 23.0 Å². The highest BCUT2D eigenvalue weighted by Crippen LogP contribution is 2.32. The fraction of sp³-hybridized carbons (Fsp3) is 0.548. The molecule has 0 radical (unpaired) electrons. The van der Waals surface area contributed by atoms with E-state index in [1.54, 1.807) is 6.07 Å². The van der Waals surface area contributed by atoms with Crippen LogP contribution >= 0.6 is 0 Å². The van der Waals surface area contributed by atoms with E-state index in [-0.39, 0.29) is 5.82 Å². The lowest BCUT2D eigenvalue weighted by Crippen LogP contribution is -2.13. The van der Waals surface area contributed by atoms with Crippen LogP contribution in [0.5, 0.6) is 0 Å². The lowest BCUT2D eigenvalue weighted by molar-refractivity contribution is 0.294. The first-order valence-electron chi connectivity index (χ1n) is 13.1. The van der Waals surface area contributed by atoms with Gasteiger partial charge >= 0.3 is 0 Å².